The first-order valence-corrected chi connectivity index (χ1v) is 49.0. The zero-order valence-corrected chi connectivity index (χ0v) is 73.0. The molecule has 0 bridgehead atoms. The van der Waals surface area contributed by atoms with Crippen LogP contribution in [0.2, 0.25) is 0 Å². The number of unbranched alkanes of at least 4 members (excludes halogenated alkanes) is 57. The van der Waals surface area contributed by atoms with Crippen LogP contribution < -0.4 is 0 Å². The van der Waals surface area contributed by atoms with Crippen LogP contribution in [0.15, 0.2) is 0 Å². The lowest BCUT2D eigenvalue weighted by molar-refractivity contribution is -0.161. The summed E-state index contributed by atoms with van der Waals surface area (Å²) in [5.74, 6) is -0.418. The van der Waals surface area contributed by atoms with Gasteiger partial charge in [0.25, 0.3) is 0 Å². The molecule has 0 heterocycles. The Hall–Kier alpha value is -1.94. The highest BCUT2D eigenvalue weighted by Gasteiger charge is 2.31. The van der Waals surface area contributed by atoms with Gasteiger partial charge >= 0.3 is 39.5 Å². The standard InChI is InChI=1S/C89H174O17P2/c1-7-10-12-14-16-18-20-22-23-31-37-43-49-55-61-67-73-88(93)105-84(77-99-86(91)71-65-59-53-47-41-21-19-17-15-13-11-8-2)79-103-107(95,96)101-75-83(90)76-102-108(97,98)104-80-85(78-100-87(92)72-66-60-54-48-42-36-33-28-29-34-39-45-51-57-63-69-81(4)5)106-89(94)74-68-62-56-50-44-38-32-27-25-24-26-30-35-40-46-52-58-64-70-82(6)9-3/h81-85,90H,7-80H2,1-6H3,(H,95,96)(H,97,98)/t82?,83-,84+,85+/m0/s1. The number of phosphoric ester groups is 2. The summed E-state index contributed by atoms with van der Waals surface area (Å²) >= 11 is 0. The van der Waals surface area contributed by atoms with Crippen LogP contribution in [0.4, 0.5) is 0 Å². The zero-order valence-electron chi connectivity index (χ0n) is 71.2. The second kappa shape index (κ2) is 80.3. The van der Waals surface area contributed by atoms with Gasteiger partial charge in [-0.1, -0.05) is 427 Å². The number of hydrogen-bond acceptors (Lipinski definition) is 15. The highest BCUT2D eigenvalue weighted by molar-refractivity contribution is 7.47. The number of carbonyl (C=O) groups excluding carboxylic acids is 4. The van der Waals surface area contributed by atoms with Gasteiger partial charge < -0.3 is 33.8 Å². The molecular weight excluding hydrogens is 1400 g/mol. The number of aliphatic hydroxyl groups excluding tert-OH is 1. The van der Waals surface area contributed by atoms with E-state index in [1.807, 2.05) is 0 Å². The molecule has 0 spiro atoms. The summed E-state index contributed by atoms with van der Waals surface area (Å²) in [5, 5.41) is 10.7. The Morgan fingerprint density at radius 1 is 0.269 bits per heavy atom. The smallest absolute Gasteiger partial charge is 0.462 e. The molecule has 0 saturated heterocycles. The monoisotopic (exact) mass is 1580 g/mol. The van der Waals surface area contributed by atoms with Crippen LogP contribution in [0.3, 0.4) is 0 Å². The summed E-state index contributed by atoms with van der Waals surface area (Å²) in [6.07, 6.45) is 73.4. The lowest BCUT2D eigenvalue weighted by atomic mass is 9.99. The number of aliphatic hydroxyl groups is 1. The average molecular weight is 1580 g/mol. The van der Waals surface area contributed by atoms with Crippen LogP contribution in [0.1, 0.15) is 478 Å². The molecule has 6 atom stereocenters. The van der Waals surface area contributed by atoms with E-state index in [0.29, 0.717) is 25.7 Å². The van der Waals surface area contributed by atoms with E-state index in [-0.39, 0.29) is 25.7 Å². The van der Waals surface area contributed by atoms with Gasteiger partial charge in [0.05, 0.1) is 26.4 Å². The maximum absolute atomic E-state index is 13.2. The molecule has 3 unspecified atom stereocenters. The van der Waals surface area contributed by atoms with Gasteiger partial charge in [-0.15, -0.1) is 0 Å². The van der Waals surface area contributed by atoms with Crippen molar-refractivity contribution in [2.24, 2.45) is 11.8 Å². The second-order valence-corrected chi connectivity index (χ2v) is 35.6. The van der Waals surface area contributed by atoms with Crippen molar-refractivity contribution in [3.8, 4) is 0 Å². The van der Waals surface area contributed by atoms with Crippen LogP contribution in [0.5, 0.6) is 0 Å². The Kier molecular flexibility index (Phi) is 78.8. The van der Waals surface area contributed by atoms with E-state index in [2.05, 4.69) is 41.5 Å². The summed E-state index contributed by atoms with van der Waals surface area (Å²) < 4.78 is 69.0. The zero-order chi connectivity index (χ0) is 79.2. The normalized spacial score (nSPS) is 14.0. The van der Waals surface area contributed by atoms with Gasteiger partial charge in [-0.05, 0) is 37.5 Å². The molecule has 0 amide bonds. The van der Waals surface area contributed by atoms with Crippen molar-refractivity contribution >= 4 is 39.5 Å². The quantitative estimate of drug-likeness (QED) is 0.0222. The van der Waals surface area contributed by atoms with Crippen LogP contribution in [0.25, 0.3) is 0 Å². The highest BCUT2D eigenvalue weighted by Crippen LogP contribution is 2.45. The molecule has 0 radical (unpaired) electrons. The van der Waals surface area contributed by atoms with Crippen LogP contribution in [-0.2, 0) is 65.4 Å². The summed E-state index contributed by atoms with van der Waals surface area (Å²) in [6.45, 7) is 9.79. The van der Waals surface area contributed by atoms with Gasteiger partial charge in [0.2, 0.25) is 0 Å². The summed E-state index contributed by atoms with van der Waals surface area (Å²) in [6, 6.07) is 0. The molecule has 0 aromatic rings. The molecule has 0 aliphatic carbocycles. The Morgan fingerprint density at radius 2 is 0.472 bits per heavy atom. The van der Waals surface area contributed by atoms with E-state index in [4.69, 9.17) is 37.0 Å². The summed E-state index contributed by atoms with van der Waals surface area (Å²) in [7, 11) is -9.93. The van der Waals surface area contributed by atoms with Gasteiger partial charge in [0.15, 0.2) is 12.2 Å². The number of ether oxygens (including phenoxy) is 4. The van der Waals surface area contributed by atoms with E-state index < -0.39 is 97.5 Å². The topological polar surface area (TPSA) is 237 Å². The maximum Gasteiger partial charge on any atom is 0.472 e. The van der Waals surface area contributed by atoms with Crippen LogP contribution >= 0.6 is 15.6 Å². The van der Waals surface area contributed by atoms with Crippen LogP contribution in [-0.4, -0.2) is 96.7 Å². The number of rotatable bonds is 88. The third-order valence-corrected chi connectivity index (χ3v) is 23.2. The molecule has 0 aliphatic rings. The number of carbonyl (C=O) groups is 4. The molecule has 0 saturated carbocycles. The molecular formula is C89H174O17P2. The first kappa shape index (κ1) is 106. The Morgan fingerprint density at radius 3 is 0.704 bits per heavy atom. The molecule has 0 aromatic heterocycles. The fourth-order valence-electron chi connectivity index (χ4n) is 13.9. The van der Waals surface area contributed by atoms with Crippen molar-refractivity contribution in [2.75, 3.05) is 39.6 Å². The molecule has 108 heavy (non-hydrogen) atoms. The van der Waals surface area contributed by atoms with Crippen molar-refractivity contribution in [2.45, 2.75) is 496 Å². The van der Waals surface area contributed by atoms with Gasteiger partial charge in [-0.3, -0.25) is 37.3 Å². The van der Waals surface area contributed by atoms with Gasteiger partial charge in [0.1, 0.15) is 19.3 Å². The molecule has 0 rings (SSSR count). The fraction of sp³-hybridized carbons (Fsp3) is 0.955. The van der Waals surface area contributed by atoms with Crippen molar-refractivity contribution in [3.05, 3.63) is 0 Å². The summed E-state index contributed by atoms with van der Waals surface area (Å²) in [5.41, 5.74) is 0. The van der Waals surface area contributed by atoms with E-state index in [0.717, 1.165) is 102 Å². The SMILES string of the molecule is CCCCCCCCCCCCCCCCCCC(=O)O[C@H](COC(=O)CCCCCCCCCCCCCC)COP(=O)(O)OC[C@H](O)COP(=O)(O)OC[C@@H](COC(=O)CCCCCCCCCCCCCCCCCC(C)C)OC(=O)CCCCCCCCCCCCCCCCCCCCC(C)CC. The number of esters is 4. The molecule has 17 nitrogen and oxygen atoms in total. The molecule has 0 aromatic carbocycles. The van der Waals surface area contributed by atoms with Crippen molar-refractivity contribution < 1.29 is 80.2 Å². The van der Waals surface area contributed by atoms with Crippen LogP contribution in [0, 0.1) is 11.8 Å². The predicted molar refractivity (Wildman–Crippen MR) is 446 cm³/mol. The number of phosphoric acid groups is 2. The van der Waals surface area contributed by atoms with Crippen molar-refractivity contribution in [3.63, 3.8) is 0 Å². The maximum atomic E-state index is 13.2. The molecule has 19 heteroatoms. The second-order valence-electron chi connectivity index (χ2n) is 32.7. The van der Waals surface area contributed by atoms with E-state index in [1.165, 1.54) is 295 Å². The van der Waals surface area contributed by atoms with E-state index in [1.54, 1.807) is 0 Å². The molecule has 0 aliphatic heterocycles. The average Bonchev–Trinajstić information content (AvgIpc) is 0.898. The lowest BCUT2D eigenvalue weighted by Crippen LogP contribution is -2.30. The van der Waals surface area contributed by atoms with Gasteiger partial charge in [-0.25, -0.2) is 9.13 Å². The lowest BCUT2D eigenvalue weighted by Gasteiger charge is -2.21. The largest absolute Gasteiger partial charge is 0.472 e. The minimum atomic E-state index is -4.97. The first-order chi connectivity index (χ1) is 52.4. The van der Waals surface area contributed by atoms with Gasteiger partial charge in [0, 0.05) is 25.7 Å². The summed E-state index contributed by atoms with van der Waals surface area (Å²) in [4.78, 5) is 73.4. The van der Waals surface area contributed by atoms with E-state index in [9.17, 15) is 43.2 Å². The highest BCUT2D eigenvalue weighted by atomic mass is 31.2. The van der Waals surface area contributed by atoms with Crippen molar-refractivity contribution in [1.82, 2.24) is 0 Å². The predicted octanol–water partition coefficient (Wildman–Crippen LogP) is 27.4. The fourth-order valence-corrected chi connectivity index (χ4v) is 15.5. The molecule has 3 N–H and O–H groups in total. The van der Waals surface area contributed by atoms with E-state index >= 15 is 0 Å². The Labute approximate surface area is 664 Å². The third kappa shape index (κ3) is 80.7. The Balaban J connectivity index is 5.25. The van der Waals surface area contributed by atoms with Crippen molar-refractivity contribution in [1.29, 1.82) is 0 Å². The number of hydrogen-bond donors (Lipinski definition) is 3. The minimum absolute atomic E-state index is 0.109. The molecule has 0 fully saturated rings. The third-order valence-electron chi connectivity index (χ3n) is 21.3. The minimum Gasteiger partial charge on any atom is -0.462 e. The van der Waals surface area contributed by atoms with Gasteiger partial charge in [-0.2, -0.15) is 0 Å². The Bertz CT molecular complexity index is 2070. The first-order valence-electron chi connectivity index (χ1n) is 46.0. The molecule has 642 valence electrons.